The Balaban J connectivity index is 2.09. The SMILES string of the molecule is CCCC[C@H]1OC(=O)N[C@H]1c1ccccc1. The van der Waals surface area contributed by atoms with Gasteiger partial charge in [0.25, 0.3) is 0 Å². The van der Waals surface area contributed by atoms with Crippen molar-refractivity contribution in [3.63, 3.8) is 0 Å². The van der Waals surface area contributed by atoms with Gasteiger partial charge in [0.15, 0.2) is 0 Å². The summed E-state index contributed by atoms with van der Waals surface area (Å²) in [6.07, 6.45) is 2.82. The molecule has 1 aliphatic rings. The minimum absolute atomic E-state index is 0.0141. The zero-order chi connectivity index (χ0) is 11.4. The molecule has 0 unspecified atom stereocenters. The number of hydrogen-bond donors (Lipinski definition) is 1. The number of hydrogen-bond acceptors (Lipinski definition) is 2. The molecule has 1 aromatic rings. The second kappa shape index (κ2) is 5.01. The summed E-state index contributed by atoms with van der Waals surface area (Å²) in [6, 6.07) is 10.0. The topological polar surface area (TPSA) is 38.3 Å². The summed E-state index contributed by atoms with van der Waals surface area (Å²) in [5.74, 6) is 0. The van der Waals surface area contributed by atoms with Gasteiger partial charge in [-0.05, 0) is 18.4 Å². The van der Waals surface area contributed by atoms with Gasteiger partial charge in [0.05, 0.1) is 6.04 Å². The maximum Gasteiger partial charge on any atom is 0.408 e. The van der Waals surface area contributed by atoms with Gasteiger partial charge in [0.2, 0.25) is 0 Å². The molecule has 1 saturated heterocycles. The molecule has 2 atom stereocenters. The highest BCUT2D eigenvalue weighted by Gasteiger charge is 2.34. The van der Waals surface area contributed by atoms with E-state index in [0.717, 1.165) is 24.8 Å². The molecular weight excluding hydrogens is 202 g/mol. The number of benzene rings is 1. The monoisotopic (exact) mass is 219 g/mol. The molecule has 1 aliphatic heterocycles. The molecule has 1 N–H and O–H groups in total. The van der Waals surface area contributed by atoms with Crippen LogP contribution in [0.1, 0.15) is 37.8 Å². The van der Waals surface area contributed by atoms with Crippen LogP contribution in [-0.2, 0) is 4.74 Å². The Labute approximate surface area is 95.8 Å². The van der Waals surface area contributed by atoms with Gasteiger partial charge in [-0.15, -0.1) is 0 Å². The molecule has 0 aliphatic carbocycles. The van der Waals surface area contributed by atoms with Crippen LogP contribution in [0.15, 0.2) is 30.3 Å². The molecule has 1 heterocycles. The van der Waals surface area contributed by atoms with Crippen LogP contribution in [0.3, 0.4) is 0 Å². The van der Waals surface area contributed by atoms with Crippen molar-refractivity contribution in [1.29, 1.82) is 0 Å². The van der Waals surface area contributed by atoms with Gasteiger partial charge in [-0.2, -0.15) is 0 Å². The summed E-state index contributed by atoms with van der Waals surface area (Å²) >= 11 is 0. The summed E-state index contributed by atoms with van der Waals surface area (Å²) in [7, 11) is 0. The third-order valence-corrected chi connectivity index (χ3v) is 2.90. The van der Waals surface area contributed by atoms with E-state index in [1.54, 1.807) is 0 Å². The molecule has 3 heteroatoms. The number of unbranched alkanes of at least 4 members (excludes halogenated alkanes) is 1. The third kappa shape index (κ3) is 2.35. The fraction of sp³-hybridized carbons (Fsp3) is 0.462. The first-order valence-corrected chi connectivity index (χ1v) is 5.83. The van der Waals surface area contributed by atoms with E-state index in [1.165, 1.54) is 0 Å². The van der Waals surface area contributed by atoms with E-state index in [-0.39, 0.29) is 18.2 Å². The Morgan fingerprint density at radius 1 is 1.31 bits per heavy atom. The second-order valence-electron chi connectivity index (χ2n) is 4.12. The Bertz CT molecular complexity index is 350. The normalized spacial score (nSPS) is 23.9. The molecule has 0 bridgehead atoms. The van der Waals surface area contributed by atoms with E-state index in [9.17, 15) is 4.79 Å². The summed E-state index contributed by atoms with van der Waals surface area (Å²) < 4.78 is 5.28. The van der Waals surface area contributed by atoms with E-state index < -0.39 is 0 Å². The predicted molar refractivity (Wildman–Crippen MR) is 62.1 cm³/mol. The largest absolute Gasteiger partial charge is 0.444 e. The van der Waals surface area contributed by atoms with Gasteiger partial charge in [0, 0.05) is 0 Å². The molecular formula is C13H17NO2. The lowest BCUT2D eigenvalue weighted by Gasteiger charge is -2.16. The van der Waals surface area contributed by atoms with E-state index in [1.807, 2.05) is 30.3 Å². The first kappa shape index (κ1) is 11.0. The highest BCUT2D eigenvalue weighted by atomic mass is 16.6. The number of alkyl carbamates (subject to hydrolysis) is 1. The van der Waals surface area contributed by atoms with E-state index in [2.05, 4.69) is 12.2 Å². The Kier molecular flexibility index (Phi) is 3.44. The van der Waals surface area contributed by atoms with Gasteiger partial charge >= 0.3 is 6.09 Å². The average molecular weight is 219 g/mol. The summed E-state index contributed by atoms with van der Waals surface area (Å²) in [4.78, 5) is 11.3. The number of nitrogens with one attached hydrogen (secondary N) is 1. The molecule has 1 amide bonds. The zero-order valence-electron chi connectivity index (χ0n) is 9.48. The van der Waals surface area contributed by atoms with Crippen molar-refractivity contribution < 1.29 is 9.53 Å². The number of carbonyl (C=O) groups excluding carboxylic acids is 1. The third-order valence-electron chi connectivity index (χ3n) is 2.90. The van der Waals surface area contributed by atoms with Crippen LogP contribution in [0.25, 0.3) is 0 Å². The van der Waals surface area contributed by atoms with Gasteiger partial charge in [0.1, 0.15) is 6.10 Å². The summed E-state index contributed by atoms with van der Waals surface area (Å²) in [5, 5.41) is 2.87. The number of amides is 1. The summed E-state index contributed by atoms with van der Waals surface area (Å²) in [5.41, 5.74) is 1.12. The zero-order valence-corrected chi connectivity index (χ0v) is 9.48. The van der Waals surface area contributed by atoms with Crippen LogP contribution >= 0.6 is 0 Å². The maximum absolute atomic E-state index is 11.3. The summed E-state index contributed by atoms with van der Waals surface area (Å²) in [6.45, 7) is 2.14. The maximum atomic E-state index is 11.3. The molecule has 0 saturated carbocycles. The van der Waals surface area contributed by atoms with Crippen LogP contribution in [0.5, 0.6) is 0 Å². The van der Waals surface area contributed by atoms with Crippen molar-refractivity contribution in [3.8, 4) is 0 Å². The number of ether oxygens (including phenoxy) is 1. The fourth-order valence-electron chi connectivity index (χ4n) is 2.05. The molecule has 2 rings (SSSR count). The standard InChI is InChI=1S/C13H17NO2/c1-2-3-9-11-12(14-13(15)16-11)10-7-5-4-6-8-10/h4-8,11-12H,2-3,9H2,1H3,(H,14,15)/t11-,12+/m1/s1. The highest BCUT2D eigenvalue weighted by molar-refractivity contribution is 5.70. The minimum atomic E-state index is -0.296. The number of rotatable bonds is 4. The van der Waals surface area contributed by atoms with Crippen LogP contribution in [-0.4, -0.2) is 12.2 Å². The molecule has 86 valence electrons. The Morgan fingerprint density at radius 2 is 2.06 bits per heavy atom. The van der Waals surface area contributed by atoms with Gasteiger partial charge in [-0.1, -0.05) is 43.7 Å². The molecule has 1 aromatic carbocycles. The van der Waals surface area contributed by atoms with Crippen molar-refractivity contribution in [2.75, 3.05) is 0 Å². The van der Waals surface area contributed by atoms with Crippen LogP contribution in [0, 0.1) is 0 Å². The minimum Gasteiger partial charge on any atom is -0.444 e. The highest BCUT2D eigenvalue weighted by Crippen LogP contribution is 2.27. The lowest BCUT2D eigenvalue weighted by Crippen LogP contribution is -2.22. The molecule has 0 spiro atoms. The average Bonchev–Trinajstić information content (AvgIpc) is 2.69. The van der Waals surface area contributed by atoms with E-state index in [4.69, 9.17) is 4.74 Å². The van der Waals surface area contributed by atoms with Gasteiger partial charge < -0.3 is 10.1 Å². The van der Waals surface area contributed by atoms with Crippen molar-refractivity contribution >= 4 is 6.09 Å². The quantitative estimate of drug-likeness (QED) is 0.845. The fourth-order valence-corrected chi connectivity index (χ4v) is 2.05. The van der Waals surface area contributed by atoms with Gasteiger partial charge in [-0.25, -0.2) is 4.79 Å². The van der Waals surface area contributed by atoms with Crippen LogP contribution in [0.4, 0.5) is 4.79 Å². The number of carbonyl (C=O) groups is 1. The van der Waals surface area contributed by atoms with E-state index in [0.29, 0.717) is 0 Å². The van der Waals surface area contributed by atoms with E-state index >= 15 is 0 Å². The van der Waals surface area contributed by atoms with Crippen molar-refractivity contribution in [1.82, 2.24) is 5.32 Å². The molecule has 0 radical (unpaired) electrons. The predicted octanol–water partition coefficient (Wildman–Crippen LogP) is 3.03. The van der Waals surface area contributed by atoms with Crippen LogP contribution < -0.4 is 5.32 Å². The lowest BCUT2D eigenvalue weighted by molar-refractivity contribution is 0.124. The van der Waals surface area contributed by atoms with Crippen molar-refractivity contribution in [2.45, 2.75) is 38.3 Å². The van der Waals surface area contributed by atoms with Crippen molar-refractivity contribution in [2.24, 2.45) is 0 Å². The first-order chi connectivity index (χ1) is 7.81. The van der Waals surface area contributed by atoms with Crippen molar-refractivity contribution in [3.05, 3.63) is 35.9 Å². The molecule has 16 heavy (non-hydrogen) atoms. The lowest BCUT2D eigenvalue weighted by atomic mass is 9.98. The molecule has 0 aromatic heterocycles. The smallest absolute Gasteiger partial charge is 0.408 e. The first-order valence-electron chi connectivity index (χ1n) is 5.83. The molecule has 1 fully saturated rings. The number of cyclic esters (lactones) is 1. The Morgan fingerprint density at radius 3 is 2.75 bits per heavy atom. The molecule has 3 nitrogen and oxygen atoms in total. The van der Waals surface area contributed by atoms with Crippen LogP contribution in [0.2, 0.25) is 0 Å². The van der Waals surface area contributed by atoms with Gasteiger partial charge in [-0.3, -0.25) is 0 Å². The second-order valence-corrected chi connectivity index (χ2v) is 4.12. The Hall–Kier alpha value is -1.51.